The van der Waals surface area contributed by atoms with Gasteiger partial charge in [-0.1, -0.05) is 12.1 Å². The molecule has 210 valence electrons. The van der Waals surface area contributed by atoms with Crippen molar-refractivity contribution in [1.82, 2.24) is 4.31 Å². The van der Waals surface area contributed by atoms with Crippen molar-refractivity contribution in [3.8, 4) is 16.9 Å². The monoisotopic (exact) mass is 571 g/mol. The Morgan fingerprint density at radius 3 is 2.67 bits per heavy atom. The van der Waals surface area contributed by atoms with Gasteiger partial charge in [0.1, 0.15) is 30.2 Å². The Morgan fingerprint density at radius 1 is 1.26 bits per heavy atom. The van der Waals surface area contributed by atoms with Gasteiger partial charge in [0.25, 0.3) is 5.91 Å². The lowest BCUT2D eigenvalue weighted by Gasteiger charge is -2.46. The highest BCUT2D eigenvalue weighted by Gasteiger charge is 2.44. The van der Waals surface area contributed by atoms with Crippen LogP contribution in [0.3, 0.4) is 0 Å². The van der Waals surface area contributed by atoms with Gasteiger partial charge >= 0.3 is 6.18 Å². The second-order valence-corrected chi connectivity index (χ2v) is 11.0. The number of aldehydes is 1. The summed E-state index contributed by atoms with van der Waals surface area (Å²) in [5.74, 6) is -1.92. The largest absolute Gasteiger partial charge is 0.495 e. The second kappa shape index (κ2) is 10.9. The number of methoxy groups -OCH3 is 1. The molecule has 2 aliphatic heterocycles. The number of hydrogen-bond donors (Lipinski definition) is 1. The number of anilines is 1. The molecule has 0 spiro atoms. The second-order valence-electron chi connectivity index (χ2n) is 9.04. The highest BCUT2D eigenvalue weighted by atomic mass is 32.2. The van der Waals surface area contributed by atoms with Gasteiger partial charge in [0, 0.05) is 30.4 Å². The molecule has 0 bridgehead atoms. The van der Waals surface area contributed by atoms with Gasteiger partial charge in [0.15, 0.2) is 0 Å². The SMILES string of the molecule is COc1cc(-c2cccc(C(F)(F)F)c2)c(F)cc1N1C(=O)CO[C@H]2CN(S(=O)(=O)CC(N)=CC=O)CC[C@@H]21. The first-order valence-corrected chi connectivity index (χ1v) is 13.3. The smallest absolute Gasteiger partial charge is 0.416 e. The molecular formula is C25H25F4N3O6S. The van der Waals surface area contributed by atoms with Gasteiger partial charge < -0.3 is 20.1 Å². The lowest BCUT2D eigenvalue weighted by molar-refractivity contribution is -0.137. The maximum atomic E-state index is 15.4. The van der Waals surface area contributed by atoms with Crippen molar-refractivity contribution in [3.05, 3.63) is 59.6 Å². The normalized spacial score (nSPS) is 21.0. The summed E-state index contributed by atoms with van der Waals surface area (Å²) in [4.78, 5) is 24.8. The Morgan fingerprint density at radius 2 is 2.00 bits per heavy atom. The minimum Gasteiger partial charge on any atom is -0.495 e. The van der Waals surface area contributed by atoms with Crippen LogP contribution < -0.4 is 15.4 Å². The number of alkyl halides is 3. The fourth-order valence-corrected chi connectivity index (χ4v) is 6.21. The Bertz CT molecular complexity index is 1410. The van der Waals surface area contributed by atoms with E-state index in [-0.39, 0.29) is 47.8 Å². The number of morpholine rings is 1. The Labute approximate surface area is 221 Å². The maximum absolute atomic E-state index is 15.4. The van der Waals surface area contributed by atoms with E-state index < -0.39 is 58.0 Å². The number of carbonyl (C=O) groups excluding carboxylic acids is 2. The van der Waals surface area contributed by atoms with Crippen LogP contribution in [0.5, 0.6) is 5.75 Å². The van der Waals surface area contributed by atoms with E-state index in [1.807, 2.05) is 0 Å². The van der Waals surface area contributed by atoms with Gasteiger partial charge in [-0.3, -0.25) is 9.59 Å². The number of sulfonamides is 1. The summed E-state index contributed by atoms with van der Waals surface area (Å²) < 4.78 is 92.7. The summed E-state index contributed by atoms with van der Waals surface area (Å²) in [7, 11) is -2.61. The fourth-order valence-electron chi connectivity index (χ4n) is 4.75. The molecule has 2 aliphatic rings. The highest BCUT2D eigenvalue weighted by molar-refractivity contribution is 7.89. The van der Waals surface area contributed by atoms with Gasteiger partial charge in [0.2, 0.25) is 10.0 Å². The molecule has 2 aromatic carbocycles. The van der Waals surface area contributed by atoms with Crippen molar-refractivity contribution in [3.63, 3.8) is 0 Å². The van der Waals surface area contributed by atoms with Gasteiger partial charge in [-0.15, -0.1) is 0 Å². The molecule has 39 heavy (non-hydrogen) atoms. The van der Waals surface area contributed by atoms with E-state index in [4.69, 9.17) is 15.2 Å². The first kappa shape index (κ1) is 28.5. The van der Waals surface area contributed by atoms with E-state index in [0.717, 1.165) is 34.6 Å². The molecular weight excluding hydrogens is 546 g/mol. The fraction of sp³-hybridized carbons (Fsp3) is 0.360. The van der Waals surface area contributed by atoms with Crippen molar-refractivity contribution in [2.45, 2.75) is 24.7 Å². The molecule has 2 N–H and O–H groups in total. The summed E-state index contributed by atoms with van der Waals surface area (Å²) >= 11 is 0. The first-order valence-electron chi connectivity index (χ1n) is 11.7. The molecule has 4 rings (SSSR count). The number of fused-ring (bicyclic) bond motifs is 1. The minimum absolute atomic E-state index is 0.00186. The van der Waals surface area contributed by atoms with E-state index in [1.165, 1.54) is 24.1 Å². The van der Waals surface area contributed by atoms with Crippen molar-refractivity contribution < 1.29 is 45.0 Å². The molecule has 2 fully saturated rings. The van der Waals surface area contributed by atoms with Crippen LogP contribution in [-0.2, 0) is 30.5 Å². The van der Waals surface area contributed by atoms with Gasteiger partial charge in [-0.2, -0.15) is 17.5 Å². The van der Waals surface area contributed by atoms with E-state index >= 15 is 4.39 Å². The Hall–Kier alpha value is -3.49. The zero-order valence-electron chi connectivity index (χ0n) is 20.7. The number of halogens is 4. The molecule has 1 amide bonds. The third kappa shape index (κ3) is 5.92. The van der Waals surface area contributed by atoms with Crippen LogP contribution in [0.15, 0.2) is 48.2 Å². The molecule has 2 atom stereocenters. The van der Waals surface area contributed by atoms with E-state index in [0.29, 0.717) is 6.29 Å². The molecule has 2 aromatic rings. The third-order valence-corrected chi connectivity index (χ3v) is 8.38. The number of nitrogens with zero attached hydrogens (tertiary/aromatic N) is 2. The number of carbonyl (C=O) groups is 2. The van der Waals surface area contributed by atoms with Gasteiger partial charge in [-0.05, 0) is 36.3 Å². The molecule has 0 radical (unpaired) electrons. The Balaban J connectivity index is 1.65. The lowest BCUT2D eigenvalue weighted by atomic mass is 9.97. The summed E-state index contributed by atoms with van der Waals surface area (Å²) in [5, 5.41) is 0. The average molecular weight is 572 g/mol. The van der Waals surface area contributed by atoms with Crippen LogP contribution in [0, 0.1) is 5.82 Å². The molecule has 2 heterocycles. The summed E-state index contributed by atoms with van der Waals surface area (Å²) in [6.07, 6.45) is -3.92. The van der Waals surface area contributed by atoms with Crippen LogP contribution in [0.1, 0.15) is 12.0 Å². The number of benzene rings is 2. The molecule has 0 aromatic heterocycles. The van der Waals surface area contributed by atoms with Crippen LogP contribution >= 0.6 is 0 Å². The number of nitrogens with two attached hydrogens (primary N) is 1. The highest BCUT2D eigenvalue weighted by Crippen LogP contribution is 2.41. The molecule has 0 unspecified atom stereocenters. The molecule has 2 saturated heterocycles. The topological polar surface area (TPSA) is 119 Å². The number of allylic oxidation sites excluding steroid dienone is 1. The number of amides is 1. The maximum Gasteiger partial charge on any atom is 0.416 e. The standard InChI is InChI=1S/C25H25F4N3O6S/c1-37-22-10-18(15-3-2-4-16(9-15)25(27,28)29)19(26)11-21(22)32-20-5-7-31(12-23(20)38-13-24(32)34)39(35,36)14-17(30)6-8-33/h2-4,6,8-11,20,23H,5,7,12-14,30H2,1H3/t20-,23-/m0/s1. The van der Waals surface area contributed by atoms with E-state index in [1.54, 1.807) is 0 Å². The van der Waals surface area contributed by atoms with Gasteiger partial charge in [0.05, 0.1) is 30.5 Å². The number of ether oxygens (including phenoxy) is 2. The first-order chi connectivity index (χ1) is 18.4. The van der Waals surface area contributed by atoms with Crippen LogP contribution in [-0.4, -0.2) is 69.6 Å². The summed E-state index contributed by atoms with van der Waals surface area (Å²) in [6, 6.07) is 5.75. The lowest BCUT2D eigenvalue weighted by Crippen LogP contribution is -2.62. The molecule has 0 aliphatic carbocycles. The van der Waals surface area contributed by atoms with Crippen LogP contribution in [0.2, 0.25) is 0 Å². The predicted octanol–water partition coefficient (Wildman–Crippen LogP) is 2.70. The quantitative estimate of drug-likeness (QED) is 0.308. The van der Waals surface area contributed by atoms with Crippen molar-refractivity contribution in [1.29, 1.82) is 0 Å². The minimum atomic E-state index is -4.62. The third-order valence-electron chi connectivity index (χ3n) is 6.56. The van der Waals surface area contributed by atoms with E-state index in [9.17, 15) is 31.2 Å². The zero-order valence-corrected chi connectivity index (χ0v) is 21.5. The average Bonchev–Trinajstić information content (AvgIpc) is 2.87. The Kier molecular flexibility index (Phi) is 8.00. The number of piperidine rings is 1. The summed E-state index contributed by atoms with van der Waals surface area (Å²) in [6.45, 7) is -0.529. The van der Waals surface area contributed by atoms with Crippen molar-refractivity contribution >= 4 is 27.9 Å². The van der Waals surface area contributed by atoms with Crippen LogP contribution in [0.4, 0.5) is 23.2 Å². The predicted molar refractivity (Wildman–Crippen MR) is 133 cm³/mol. The molecule has 14 heteroatoms. The van der Waals surface area contributed by atoms with Gasteiger partial charge in [-0.25, -0.2) is 12.8 Å². The summed E-state index contributed by atoms with van der Waals surface area (Å²) in [5.41, 5.74) is 4.38. The van der Waals surface area contributed by atoms with Crippen LogP contribution in [0.25, 0.3) is 11.1 Å². The van der Waals surface area contributed by atoms with E-state index in [2.05, 4.69) is 0 Å². The number of rotatable bonds is 7. The zero-order chi connectivity index (χ0) is 28.5. The van der Waals surface area contributed by atoms with Crippen molar-refractivity contribution in [2.75, 3.05) is 37.5 Å². The number of hydrogen-bond acceptors (Lipinski definition) is 7. The molecule has 0 saturated carbocycles. The molecule has 9 nitrogen and oxygen atoms in total. The van der Waals surface area contributed by atoms with Crippen molar-refractivity contribution in [2.24, 2.45) is 5.73 Å².